The molecule has 2 rings (SSSR count). The normalized spacial score (nSPS) is 25.4. The Morgan fingerprint density at radius 2 is 2.11 bits per heavy atom. The van der Waals surface area contributed by atoms with Gasteiger partial charge in [-0.05, 0) is 38.0 Å². The van der Waals surface area contributed by atoms with Crippen molar-refractivity contribution in [1.29, 1.82) is 0 Å². The average molecular weight is 254 g/mol. The first kappa shape index (κ1) is 13.8. The van der Waals surface area contributed by atoms with Crippen molar-refractivity contribution in [2.75, 3.05) is 20.3 Å². The second-order valence-corrected chi connectivity index (χ2v) is 5.97. The zero-order valence-corrected chi connectivity index (χ0v) is 11.9. The van der Waals surface area contributed by atoms with E-state index in [1.807, 2.05) is 0 Å². The van der Waals surface area contributed by atoms with Crippen LogP contribution in [0.25, 0.3) is 0 Å². The smallest absolute Gasteiger partial charge is 0.244 e. The Balaban J connectivity index is 1.82. The van der Waals surface area contributed by atoms with E-state index in [0.717, 1.165) is 45.3 Å². The fourth-order valence-electron chi connectivity index (χ4n) is 2.78. The Bertz CT molecular complexity index is 300. The van der Waals surface area contributed by atoms with E-state index >= 15 is 0 Å². The monoisotopic (exact) mass is 254 g/mol. The summed E-state index contributed by atoms with van der Waals surface area (Å²) in [4.78, 5) is 14.4. The quantitative estimate of drug-likeness (QED) is 0.704. The molecule has 1 saturated carbocycles. The van der Waals surface area contributed by atoms with Gasteiger partial charge in [0.25, 0.3) is 0 Å². The molecule has 18 heavy (non-hydrogen) atoms. The van der Waals surface area contributed by atoms with E-state index in [0.29, 0.717) is 11.8 Å². The van der Waals surface area contributed by atoms with Crippen LogP contribution in [0.4, 0.5) is 0 Å². The molecule has 1 aliphatic carbocycles. The molecule has 0 radical (unpaired) electrons. The molecule has 0 bridgehead atoms. The summed E-state index contributed by atoms with van der Waals surface area (Å²) >= 11 is 0. The largest absolute Gasteiger partial charge is 0.385 e. The summed E-state index contributed by atoms with van der Waals surface area (Å²) in [7, 11) is 1.74. The van der Waals surface area contributed by atoms with Crippen molar-refractivity contribution in [2.45, 2.75) is 57.7 Å². The van der Waals surface area contributed by atoms with E-state index in [1.54, 1.807) is 7.11 Å². The molecule has 1 atom stereocenters. The van der Waals surface area contributed by atoms with Crippen LogP contribution in [0.15, 0.2) is 0 Å². The number of rotatable bonds is 7. The molecule has 1 unspecified atom stereocenters. The first-order valence-electron chi connectivity index (χ1n) is 7.18. The topological polar surface area (TPSA) is 41.6 Å². The number of hydrogen-bond acceptors (Lipinski definition) is 3. The highest BCUT2D eigenvalue weighted by molar-refractivity contribution is 5.91. The number of carbonyl (C=O) groups is 1. The van der Waals surface area contributed by atoms with E-state index < -0.39 is 0 Å². The van der Waals surface area contributed by atoms with Crippen LogP contribution in [0.1, 0.15) is 46.0 Å². The van der Waals surface area contributed by atoms with E-state index in [4.69, 9.17) is 4.74 Å². The Hall–Kier alpha value is -0.610. The van der Waals surface area contributed by atoms with Crippen LogP contribution in [0.3, 0.4) is 0 Å². The summed E-state index contributed by atoms with van der Waals surface area (Å²) in [5, 5.41) is 3.54. The van der Waals surface area contributed by atoms with Crippen molar-refractivity contribution in [2.24, 2.45) is 5.92 Å². The van der Waals surface area contributed by atoms with Gasteiger partial charge in [0, 0.05) is 20.3 Å². The fraction of sp³-hybridized carbons (Fsp3) is 0.929. The molecule has 4 heteroatoms. The lowest BCUT2D eigenvalue weighted by Gasteiger charge is -2.27. The van der Waals surface area contributed by atoms with Gasteiger partial charge in [-0.25, -0.2) is 0 Å². The van der Waals surface area contributed by atoms with Crippen molar-refractivity contribution < 1.29 is 9.53 Å². The predicted octanol–water partition coefficient (Wildman–Crippen LogP) is 1.75. The maximum absolute atomic E-state index is 12.4. The molecule has 2 fully saturated rings. The maximum Gasteiger partial charge on any atom is 0.244 e. The zero-order valence-electron chi connectivity index (χ0n) is 11.9. The Labute approximate surface area is 110 Å². The van der Waals surface area contributed by atoms with Gasteiger partial charge in [0.05, 0.1) is 11.7 Å². The van der Waals surface area contributed by atoms with Crippen molar-refractivity contribution >= 4 is 5.91 Å². The van der Waals surface area contributed by atoms with Crippen LogP contribution in [-0.4, -0.2) is 42.8 Å². The van der Waals surface area contributed by atoms with Crippen LogP contribution in [0.5, 0.6) is 0 Å². The van der Waals surface area contributed by atoms with Gasteiger partial charge in [-0.3, -0.25) is 10.1 Å². The van der Waals surface area contributed by atoms with E-state index in [-0.39, 0.29) is 11.7 Å². The number of nitrogens with one attached hydrogen (secondary N) is 1. The highest BCUT2D eigenvalue weighted by Gasteiger charge is 2.59. The van der Waals surface area contributed by atoms with E-state index in [1.165, 1.54) is 0 Å². The van der Waals surface area contributed by atoms with Crippen LogP contribution in [-0.2, 0) is 9.53 Å². The van der Waals surface area contributed by atoms with Crippen molar-refractivity contribution in [3.05, 3.63) is 0 Å². The molecule has 1 saturated heterocycles. The summed E-state index contributed by atoms with van der Waals surface area (Å²) in [6, 6.07) is 0. The third-order valence-electron chi connectivity index (χ3n) is 4.06. The van der Waals surface area contributed by atoms with Crippen molar-refractivity contribution in [1.82, 2.24) is 10.2 Å². The molecule has 2 aliphatic rings. The van der Waals surface area contributed by atoms with Crippen LogP contribution in [0.2, 0.25) is 0 Å². The van der Waals surface area contributed by atoms with Crippen molar-refractivity contribution in [3.63, 3.8) is 0 Å². The molecule has 1 amide bonds. The first-order valence-corrected chi connectivity index (χ1v) is 7.18. The minimum atomic E-state index is -0.165. The lowest BCUT2D eigenvalue weighted by Crippen LogP contribution is -2.42. The summed E-state index contributed by atoms with van der Waals surface area (Å²) in [6.45, 7) is 6.08. The van der Waals surface area contributed by atoms with Crippen LogP contribution < -0.4 is 5.32 Å². The van der Waals surface area contributed by atoms with E-state index in [2.05, 4.69) is 24.1 Å². The van der Waals surface area contributed by atoms with Gasteiger partial charge in [0.15, 0.2) is 0 Å². The molecule has 1 spiro atoms. The molecular formula is C14H26N2O2. The van der Waals surface area contributed by atoms with Gasteiger partial charge in [0.2, 0.25) is 5.91 Å². The van der Waals surface area contributed by atoms with Crippen molar-refractivity contribution in [3.8, 4) is 0 Å². The summed E-state index contributed by atoms with van der Waals surface area (Å²) in [6.07, 6.45) is 5.59. The Morgan fingerprint density at radius 1 is 1.39 bits per heavy atom. The summed E-state index contributed by atoms with van der Waals surface area (Å²) in [5.41, 5.74) is -0.165. The number of carbonyl (C=O) groups excluding carboxylic acids is 1. The highest BCUT2D eigenvalue weighted by atomic mass is 16.5. The van der Waals surface area contributed by atoms with Gasteiger partial charge < -0.3 is 9.64 Å². The fourth-order valence-corrected chi connectivity index (χ4v) is 2.78. The molecule has 0 aromatic heterocycles. The van der Waals surface area contributed by atoms with Crippen LogP contribution >= 0.6 is 0 Å². The SMILES string of the molecule is COCCCCCN1C(=O)C2(CC2)NC1C(C)C. The number of amides is 1. The van der Waals surface area contributed by atoms with Gasteiger partial charge >= 0.3 is 0 Å². The minimum absolute atomic E-state index is 0.165. The molecule has 1 heterocycles. The molecule has 4 nitrogen and oxygen atoms in total. The maximum atomic E-state index is 12.4. The number of nitrogens with zero attached hydrogens (tertiary/aromatic N) is 1. The third kappa shape index (κ3) is 2.69. The van der Waals surface area contributed by atoms with Gasteiger partial charge in [-0.15, -0.1) is 0 Å². The molecule has 1 aliphatic heterocycles. The number of methoxy groups -OCH3 is 1. The summed E-state index contributed by atoms with van der Waals surface area (Å²) < 4.78 is 5.04. The molecule has 1 N–H and O–H groups in total. The second kappa shape index (κ2) is 5.57. The molecule has 0 aromatic rings. The average Bonchev–Trinajstić information content (AvgIpc) is 3.06. The lowest BCUT2D eigenvalue weighted by atomic mass is 10.1. The molecular weight excluding hydrogens is 228 g/mol. The predicted molar refractivity (Wildman–Crippen MR) is 71.2 cm³/mol. The standard InChI is InChI=1S/C14H26N2O2/c1-11(2)12-15-14(7-8-14)13(17)16(12)9-5-4-6-10-18-3/h11-12,15H,4-10H2,1-3H3. The minimum Gasteiger partial charge on any atom is -0.385 e. The third-order valence-corrected chi connectivity index (χ3v) is 4.06. The van der Waals surface area contributed by atoms with Crippen LogP contribution in [0, 0.1) is 5.92 Å². The lowest BCUT2D eigenvalue weighted by molar-refractivity contribution is -0.131. The van der Waals surface area contributed by atoms with E-state index in [9.17, 15) is 4.79 Å². The molecule has 0 aromatic carbocycles. The molecule has 104 valence electrons. The van der Waals surface area contributed by atoms with Gasteiger partial charge in [0.1, 0.15) is 0 Å². The first-order chi connectivity index (χ1) is 8.60. The number of unbranched alkanes of at least 4 members (excludes halogenated alkanes) is 2. The number of ether oxygens (including phenoxy) is 1. The Kier molecular flexibility index (Phi) is 4.28. The van der Waals surface area contributed by atoms with Gasteiger partial charge in [-0.1, -0.05) is 13.8 Å². The number of hydrogen-bond donors (Lipinski definition) is 1. The second-order valence-electron chi connectivity index (χ2n) is 5.97. The highest BCUT2D eigenvalue weighted by Crippen LogP contribution is 2.43. The zero-order chi connectivity index (χ0) is 13.2. The summed E-state index contributed by atoms with van der Waals surface area (Å²) in [5.74, 6) is 0.820. The Morgan fingerprint density at radius 3 is 2.67 bits per heavy atom. The van der Waals surface area contributed by atoms with Gasteiger partial charge in [-0.2, -0.15) is 0 Å².